The first-order valence-electron chi connectivity index (χ1n) is 9.05. The Morgan fingerprint density at radius 3 is 2.71 bits per heavy atom. The first-order valence-corrected chi connectivity index (χ1v) is 9.05. The zero-order valence-corrected chi connectivity index (χ0v) is 14.7. The summed E-state index contributed by atoms with van der Waals surface area (Å²) in [7, 11) is 0. The molecule has 1 saturated carbocycles. The molecule has 4 nitrogen and oxygen atoms in total. The van der Waals surface area contributed by atoms with Gasteiger partial charge in [-0.2, -0.15) is 0 Å². The number of rotatable bonds is 3. The summed E-state index contributed by atoms with van der Waals surface area (Å²) in [6, 6.07) is 0. The van der Waals surface area contributed by atoms with E-state index < -0.39 is 11.2 Å². The van der Waals surface area contributed by atoms with Gasteiger partial charge >= 0.3 is 0 Å². The van der Waals surface area contributed by atoms with E-state index in [9.17, 15) is 15.3 Å². The molecule has 6 atom stereocenters. The zero-order chi connectivity index (χ0) is 17.3. The molecule has 6 unspecified atom stereocenters. The van der Waals surface area contributed by atoms with Crippen molar-refractivity contribution in [1.82, 2.24) is 0 Å². The molecule has 2 aliphatic carbocycles. The molecular weight excluding hydrogens is 304 g/mol. The van der Waals surface area contributed by atoms with Crippen molar-refractivity contribution in [3.8, 4) is 0 Å². The fraction of sp³-hybridized carbons (Fsp3) is 0.700. The second kappa shape index (κ2) is 5.04. The van der Waals surface area contributed by atoms with Crippen molar-refractivity contribution >= 4 is 0 Å². The number of hydrogen-bond donors (Lipinski definition) is 3. The van der Waals surface area contributed by atoms with Gasteiger partial charge < -0.3 is 20.1 Å². The van der Waals surface area contributed by atoms with Crippen molar-refractivity contribution in [2.45, 2.75) is 51.9 Å². The van der Waals surface area contributed by atoms with Crippen LogP contribution >= 0.6 is 0 Å². The second-order valence-electron chi connectivity index (χ2n) is 8.59. The maximum Gasteiger partial charge on any atom is 0.192 e. The summed E-state index contributed by atoms with van der Waals surface area (Å²) in [6.07, 6.45) is 8.65. The Balaban J connectivity index is 1.84. The second-order valence-corrected chi connectivity index (χ2v) is 8.59. The molecule has 0 amide bonds. The average Bonchev–Trinajstić information content (AvgIpc) is 3.05. The van der Waals surface area contributed by atoms with Crippen LogP contribution in [0.25, 0.3) is 0 Å². The van der Waals surface area contributed by atoms with Gasteiger partial charge in [0, 0.05) is 23.4 Å². The Bertz CT molecular complexity index is 663. The van der Waals surface area contributed by atoms with E-state index in [0.29, 0.717) is 0 Å². The van der Waals surface area contributed by atoms with Crippen LogP contribution < -0.4 is 0 Å². The van der Waals surface area contributed by atoms with Gasteiger partial charge in [-0.3, -0.25) is 0 Å². The van der Waals surface area contributed by atoms with E-state index in [4.69, 9.17) is 4.74 Å². The minimum absolute atomic E-state index is 0.00938. The van der Waals surface area contributed by atoms with Gasteiger partial charge in [-0.05, 0) is 42.4 Å². The number of hydrogen-bond acceptors (Lipinski definition) is 4. The molecule has 2 fully saturated rings. The lowest BCUT2D eigenvalue weighted by Gasteiger charge is -2.57. The number of allylic oxidation sites excluding steroid dienone is 3. The molecule has 3 N–H and O–H groups in total. The van der Waals surface area contributed by atoms with Crippen LogP contribution in [-0.4, -0.2) is 40.4 Å². The third-order valence-corrected chi connectivity index (χ3v) is 7.21. The maximum absolute atomic E-state index is 11.3. The van der Waals surface area contributed by atoms with Gasteiger partial charge in [0.1, 0.15) is 0 Å². The average molecular weight is 332 g/mol. The Morgan fingerprint density at radius 2 is 2.04 bits per heavy atom. The zero-order valence-electron chi connectivity index (χ0n) is 14.7. The van der Waals surface area contributed by atoms with E-state index in [-0.39, 0.29) is 36.6 Å². The molecule has 132 valence electrons. The van der Waals surface area contributed by atoms with Gasteiger partial charge in [-0.1, -0.05) is 38.5 Å². The molecule has 24 heavy (non-hydrogen) atoms. The van der Waals surface area contributed by atoms with Crippen LogP contribution in [-0.2, 0) is 4.74 Å². The van der Waals surface area contributed by atoms with E-state index >= 15 is 0 Å². The smallest absolute Gasteiger partial charge is 0.192 e. The first kappa shape index (κ1) is 16.5. The highest BCUT2D eigenvalue weighted by Gasteiger charge is 2.64. The highest BCUT2D eigenvalue weighted by molar-refractivity contribution is 5.48. The third-order valence-electron chi connectivity index (χ3n) is 7.21. The van der Waals surface area contributed by atoms with Crippen LogP contribution in [0.15, 0.2) is 34.9 Å². The quantitative estimate of drug-likeness (QED) is 0.694. The van der Waals surface area contributed by atoms with Gasteiger partial charge in [-0.25, -0.2) is 0 Å². The molecule has 2 bridgehead atoms. The van der Waals surface area contributed by atoms with Crippen LogP contribution in [0.2, 0.25) is 0 Å². The third kappa shape index (κ3) is 1.88. The number of ether oxygens (including phenoxy) is 1. The molecule has 0 radical (unpaired) electrons. The Labute approximate surface area is 143 Å². The summed E-state index contributed by atoms with van der Waals surface area (Å²) >= 11 is 0. The Hall–Kier alpha value is -0.940. The maximum atomic E-state index is 11.3. The van der Waals surface area contributed by atoms with Crippen LogP contribution in [0, 0.1) is 22.7 Å². The molecule has 0 aromatic rings. The normalized spacial score (nSPS) is 47.5. The fourth-order valence-electron chi connectivity index (χ4n) is 5.48. The predicted octanol–water partition coefficient (Wildman–Crippen LogP) is 2.31. The van der Waals surface area contributed by atoms with E-state index in [2.05, 4.69) is 32.9 Å². The first-order chi connectivity index (χ1) is 11.3. The topological polar surface area (TPSA) is 69.9 Å². The lowest BCUT2D eigenvalue weighted by molar-refractivity contribution is -0.287. The molecular formula is C20H28O4. The van der Waals surface area contributed by atoms with Crippen molar-refractivity contribution in [2.75, 3.05) is 13.2 Å². The highest BCUT2D eigenvalue weighted by Crippen LogP contribution is 2.66. The van der Waals surface area contributed by atoms with Crippen LogP contribution in [0.4, 0.5) is 0 Å². The van der Waals surface area contributed by atoms with Gasteiger partial charge in [0.25, 0.3) is 0 Å². The van der Waals surface area contributed by atoms with Crippen LogP contribution in [0.3, 0.4) is 0 Å². The van der Waals surface area contributed by atoms with E-state index in [1.807, 2.05) is 0 Å². The Kier molecular flexibility index (Phi) is 3.47. The van der Waals surface area contributed by atoms with E-state index in [0.717, 1.165) is 24.8 Å². The van der Waals surface area contributed by atoms with Crippen LogP contribution in [0.1, 0.15) is 40.0 Å². The van der Waals surface area contributed by atoms with Crippen molar-refractivity contribution in [2.24, 2.45) is 22.7 Å². The summed E-state index contributed by atoms with van der Waals surface area (Å²) in [4.78, 5) is 0. The van der Waals surface area contributed by atoms with Crippen LogP contribution in [0.5, 0.6) is 0 Å². The molecule has 2 aliphatic heterocycles. The Morgan fingerprint density at radius 1 is 1.29 bits per heavy atom. The SMILES string of the molecule is CC(CO)C1=C2C3CC4OC(O)(C=C4CO)C3(C)CCC2(C)C=C1. The molecule has 4 aliphatic rings. The van der Waals surface area contributed by atoms with Gasteiger partial charge in [-0.15, -0.1) is 0 Å². The molecule has 0 aromatic carbocycles. The molecule has 4 rings (SSSR count). The van der Waals surface area contributed by atoms with E-state index in [1.165, 1.54) is 11.1 Å². The number of aliphatic hydroxyl groups is 3. The molecule has 2 heterocycles. The molecule has 4 heteroatoms. The van der Waals surface area contributed by atoms with Crippen molar-refractivity contribution in [3.05, 3.63) is 34.9 Å². The lowest BCUT2D eigenvalue weighted by Crippen LogP contribution is -2.58. The summed E-state index contributed by atoms with van der Waals surface area (Å²) < 4.78 is 5.97. The van der Waals surface area contributed by atoms with Crippen molar-refractivity contribution < 1.29 is 20.1 Å². The predicted molar refractivity (Wildman–Crippen MR) is 91.0 cm³/mol. The highest BCUT2D eigenvalue weighted by atomic mass is 16.6. The molecule has 1 saturated heterocycles. The number of fused-ring (bicyclic) bond motifs is 6. The van der Waals surface area contributed by atoms with Crippen molar-refractivity contribution in [3.63, 3.8) is 0 Å². The minimum atomic E-state index is -1.30. The summed E-state index contributed by atoms with van der Waals surface area (Å²) in [5.41, 5.74) is 3.01. The van der Waals surface area contributed by atoms with Gasteiger partial charge in [0.2, 0.25) is 0 Å². The summed E-state index contributed by atoms with van der Waals surface area (Å²) in [5.74, 6) is -1.01. The van der Waals surface area contributed by atoms with E-state index in [1.54, 1.807) is 6.08 Å². The summed E-state index contributed by atoms with van der Waals surface area (Å²) in [5, 5.41) is 30.6. The largest absolute Gasteiger partial charge is 0.396 e. The molecule has 0 aromatic heterocycles. The van der Waals surface area contributed by atoms with Gasteiger partial charge in [0.05, 0.1) is 12.7 Å². The fourth-order valence-corrected chi connectivity index (χ4v) is 5.48. The number of aliphatic hydroxyl groups excluding tert-OH is 2. The molecule has 0 spiro atoms. The monoisotopic (exact) mass is 332 g/mol. The lowest BCUT2D eigenvalue weighted by atomic mass is 9.52. The van der Waals surface area contributed by atoms with Crippen molar-refractivity contribution in [1.29, 1.82) is 0 Å². The standard InChI is InChI=1S/C20H28O4/c1-12(10-21)14-4-5-18(2)6-7-19(3)15(17(14)18)8-16-13(11-22)9-20(19,23)24-16/h4-5,9,12,15-16,21-23H,6-8,10-11H2,1-3H3. The van der Waals surface area contributed by atoms with Gasteiger partial charge in [0.15, 0.2) is 5.79 Å². The minimum Gasteiger partial charge on any atom is -0.396 e. The summed E-state index contributed by atoms with van der Waals surface area (Å²) in [6.45, 7) is 6.52.